The van der Waals surface area contributed by atoms with Crippen LogP contribution in [-0.2, 0) is 0 Å². The summed E-state index contributed by atoms with van der Waals surface area (Å²) in [7, 11) is 1.64. The van der Waals surface area contributed by atoms with E-state index in [0.29, 0.717) is 22.7 Å². The molecular formula is C23H25FN6O. The van der Waals surface area contributed by atoms with Crippen LogP contribution >= 0.6 is 0 Å². The zero-order valence-corrected chi connectivity index (χ0v) is 17.7. The third-order valence-electron chi connectivity index (χ3n) is 5.96. The predicted octanol–water partition coefficient (Wildman–Crippen LogP) is 4.14. The lowest BCUT2D eigenvalue weighted by Gasteiger charge is -2.35. The summed E-state index contributed by atoms with van der Waals surface area (Å²) in [5, 5.41) is 12.4. The average Bonchev–Trinajstić information content (AvgIpc) is 3.30. The number of piperazine rings is 1. The lowest BCUT2D eigenvalue weighted by Crippen LogP contribution is -2.46. The van der Waals surface area contributed by atoms with E-state index in [2.05, 4.69) is 32.2 Å². The number of benzene rings is 2. The SMILES string of the molecule is CCN1CCN(c2ccc(Nc3nc4ccc(OC)cc4c4c[nH]nc34)cc2F)CC1. The van der Waals surface area contributed by atoms with Crippen LogP contribution in [0, 0.1) is 5.82 Å². The number of likely N-dealkylation sites (N-methyl/N-ethyl adjacent to an activating group) is 1. The number of anilines is 3. The Morgan fingerprint density at radius 3 is 2.68 bits per heavy atom. The van der Waals surface area contributed by atoms with Gasteiger partial charge in [0.2, 0.25) is 0 Å². The largest absolute Gasteiger partial charge is 0.497 e. The van der Waals surface area contributed by atoms with Crippen LogP contribution < -0.4 is 15.0 Å². The molecule has 0 atom stereocenters. The van der Waals surface area contributed by atoms with E-state index in [9.17, 15) is 4.39 Å². The number of pyridine rings is 1. The van der Waals surface area contributed by atoms with Crippen molar-refractivity contribution in [2.45, 2.75) is 6.92 Å². The van der Waals surface area contributed by atoms with Gasteiger partial charge in [-0.1, -0.05) is 6.92 Å². The number of rotatable bonds is 5. The Morgan fingerprint density at radius 2 is 1.94 bits per heavy atom. The minimum atomic E-state index is -0.237. The molecule has 0 amide bonds. The third-order valence-corrected chi connectivity index (χ3v) is 5.96. The van der Waals surface area contributed by atoms with Gasteiger partial charge in [0.05, 0.1) is 18.3 Å². The number of hydrogen-bond donors (Lipinski definition) is 2. The lowest BCUT2D eigenvalue weighted by molar-refractivity contribution is 0.270. The number of halogens is 1. The first-order chi connectivity index (χ1) is 15.2. The third kappa shape index (κ3) is 3.63. The number of hydrogen-bond acceptors (Lipinski definition) is 6. The van der Waals surface area contributed by atoms with Gasteiger partial charge in [-0.15, -0.1) is 0 Å². The van der Waals surface area contributed by atoms with Crippen LogP contribution in [0.25, 0.3) is 21.8 Å². The number of aromatic nitrogens is 3. The predicted molar refractivity (Wildman–Crippen MR) is 122 cm³/mol. The zero-order chi connectivity index (χ0) is 21.4. The number of nitrogens with zero attached hydrogens (tertiary/aromatic N) is 4. The van der Waals surface area contributed by atoms with Crippen molar-refractivity contribution in [3.8, 4) is 5.75 Å². The van der Waals surface area contributed by atoms with Gasteiger partial charge in [0, 0.05) is 48.8 Å². The Labute approximate surface area is 179 Å². The Balaban J connectivity index is 1.44. The molecule has 3 heterocycles. The van der Waals surface area contributed by atoms with Crippen LogP contribution in [0.5, 0.6) is 5.75 Å². The van der Waals surface area contributed by atoms with E-state index >= 15 is 0 Å². The van der Waals surface area contributed by atoms with Gasteiger partial charge >= 0.3 is 0 Å². The van der Waals surface area contributed by atoms with E-state index < -0.39 is 0 Å². The Bertz CT molecular complexity index is 1230. The highest BCUT2D eigenvalue weighted by atomic mass is 19.1. The summed E-state index contributed by atoms with van der Waals surface area (Å²) in [5.74, 6) is 1.10. The van der Waals surface area contributed by atoms with Gasteiger partial charge in [0.25, 0.3) is 0 Å². The maximum atomic E-state index is 15.0. The molecule has 8 heteroatoms. The van der Waals surface area contributed by atoms with Crippen LogP contribution in [0.3, 0.4) is 0 Å². The summed E-state index contributed by atoms with van der Waals surface area (Å²) >= 11 is 0. The molecule has 1 aliphatic heterocycles. The monoisotopic (exact) mass is 420 g/mol. The van der Waals surface area contributed by atoms with Gasteiger partial charge < -0.3 is 19.9 Å². The lowest BCUT2D eigenvalue weighted by atomic mass is 10.1. The molecule has 0 radical (unpaired) electrons. The van der Waals surface area contributed by atoms with E-state index in [1.807, 2.05) is 36.5 Å². The summed E-state index contributed by atoms with van der Waals surface area (Å²) in [6, 6.07) is 11.0. The molecule has 5 rings (SSSR count). The Kier molecular flexibility index (Phi) is 5.07. The summed E-state index contributed by atoms with van der Waals surface area (Å²) in [6.07, 6.45) is 1.84. The highest BCUT2D eigenvalue weighted by Crippen LogP contribution is 2.32. The number of fused-ring (bicyclic) bond motifs is 3. The molecule has 160 valence electrons. The maximum Gasteiger partial charge on any atom is 0.159 e. The van der Waals surface area contributed by atoms with Crippen molar-refractivity contribution in [1.82, 2.24) is 20.1 Å². The fraction of sp³-hybridized carbons (Fsp3) is 0.304. The summed E-state index contributed by atoms with van der Waals surface area (Å²) < 4.78 is 20.3. The van der Waals surface area contributed by atoms with Crippen molar-refractivity contribution < 1.29 is 9.13 Å². The molecular weight excluding hydrogens is 395 g/mol. The van der Waals surface area contributed by atoms with Gasteiger partial charge in [-0.3, -0.25) is 5.10 Å². The number of ether oxygens (including phenoxy) is 1. The zero-order valence-electron chi connectivity index (χ0n) is 17.7. The molecule has 2 aromatic carbocycles. The highest BCUT2D eigenvalue weighted by molar-refractivity contribution is 6.09. The molecule has 0 aliphatic carbocycles. The van der Waals surface area contributed by atoms with Gasteiger partial charge in [0.15, 0.2) is 5.82 Å². The van der Waals surface area contributed by atoms with E-state index in [1.54, 1.807) is 7.11 Å². The van der Waals surface area contributed by atoms with Gasteiger partial charge in [0.1, 0.15) is 17.1 Å². The minimum Gasteiger partial charge on any atom is -0.497 e. The second-order valence-corrected chi connectivity index (χ2v) is 7.70. The van der Waals surface area contributed by atoms with Crippen LogP contribution in [-0.4, -0.2) is 59.9 Å². The quantitative estimate of drug-likeness (QED) is 0.506. The van der Waals surface area contributed by atoms with Gasteiger partial charge in [-0.25, -0.2) is 9.37 Å². The molecule has 2 N–H and O–H groups in total. The molecule has 1 aliphatic rings. The summed E-state index contributed by atoms with van der Waals surface area (Å²) in [4.78, 5) is 9.20. The molecule has 4 aromatic rings. The molecule has 31 heavy (non-hydrogen) atoms. The second-order valence-electron chi connectivity index (χ2n) is 7.70. The van der Waals surface area contributed by atoms with E-state index in [4.69, 9.17) is 9.72 Å². The number of aromatic amines is 1. The summed E-state index contributed by atoms with van der Waals surface area (Å²) in [5.41, 5.74) is 2.78. The minimum absolute atomic E-state index is 0.237. The molecule has 1 fully saturated rings. The van der Waals surface area contributed by atoms with Crippen LogP contribution in [0.15, 0.2) is 42.6 Å². The molecule has 0 bridgehead atoms. The van der Waals surface area contributed by atoms with Crippen molar-refractivity contribution in [2.75, 3.05) is 50.1 Å². The molecule has 7 nitrogen and oxygen atoms in total. The van der Waals surface area contributed by atoms with Gasteiger partial charge in [-0.05, 0) is 42.9 Å². The van der Waals surface area contributed by atoms with Crippen LogP contribution in [0.2, 0.25) is 0 Å². The Hall–Kier alpha value is -3.39. The Morgan fingerprint density at radius 1 is 1.10 bits per heavy atom. The first kappa shape index (κ1) is 19.6. The van der Waals surface area contributed by atoms with E-state index in [0.717, 1.165) is 54.8 Å². The van der Waals surface area contributed by atoms with E-state index in [1.165, 1.54) is 6.07 Å². The first-order valence-corrected chi connectivity index (χ1v) is 10.5. The molecule has 0 spiro atoms. The van der Waals surface area contributed by atoms with Crippen molar-refractivity contribution in [3.63, 3.8) is 0 Å². The van der Waals surface area contributed by atoms with Gasteiger partial charge in [-0.2, -0.15) is 5.10 Å². The average molecular weight is 420 g/mol. The molecule has 2 aromatic heterocycles. The molecule has 0 saturated carbocycles. The second kappa shape index (κ2) is 8.03. The highest BCUT2D eigenvalue weighted by Gasteiger charge is 2.19. The number of H-pyrrole nitrogens is 1. The van der Waals surface area contributed by atoms with Crippen LogP contribution in [0.1, 0.15) is 6.92 Å². The smallest absolute Gasteiger partial charge is 0.159 e. The van der Waals surface area contributed by atoms with Crippen molar-refractivity contribution in [2.24, 2.45) is 0 Å². The van der Waals surface area contributed by atoms with Crippen molar-refractivity contribution >= 4 is 39.0 Å². The van der Waals surface area contributed by atoms with Crippen molar-refractivity contribution in [1.29, 1.82) is 0 Å². The van der Waals surface area contributed by atoms with Crippen LogP contribution in [0.4, 0.5) is 21.6 Å². The standard InChI is InChI=1S/C23H25FN6O/c1-3-29-8-10-30(11-9-29)21-7-4-15(12-19(21)24)26-23-22-18(14-25-28-22)17-13-16(31-2)5-6-20(17)27-23/h4-7,12-14H,3,8-11H2,1-2H3,(H,25,28)(H,26,27). The normalized spacial score (nSPS) is 15.0. The fourth-order valence-corrected chi connectivity index (χ4v) is 4.17. The number of methoxy groups -OCH3 is 1. The maximum absolute atomic E-state index is 15.0. The molecule has 1 saturated heterocycles. The number of nitrogens with one attached hydrogen (secondary N) is 2. The van der Waals surface area contributed by atoms with E-state index in [-0.39, 0.29) is 5.82 Å². The first-order valence-electron chi connectivity index (χ1n) is 10.5. The van der Waals surface area contributed by atoms with Crippen molar-refractivity contribution in [3.05, 3.63) is 48.4 Å². The summed E-state index contributed by atoms with van der Waals surface area (Å²) in [6.45, 7) is 6.77. The topological polar surface area (TPSA) is 69.3 Å². The molecule has 0 unspecified atom stereocenters. The fourth-order valence-electron chi connectivity index (χ4n) is 4.17.